The predicted octanol–water partition coefficient (Wildman–Crippen LogP) is 5.18. The van der Waals surface area contributed by atoms with E-state index in [1.807, 2.05) is 6.07 Å². The van der Waals surface area contributed by atoms with Crippen LogP contribution in [0.5, 0.6) is 0 Å². The first-order chi connectivity index (χ1) is 12.9. The standard InChI is InChI=1S/C19H12BrF3N2O2/c20-9-10-25-18(26)15-16(24-25)13-3-1-2-4-14(13)27-17(15)11-5-7-12(8-6-11)19(21,22)23/h1-8H,9-10H2. The topological polar surface area (TPSA) is 48.0 Å². The molecule has 0 N–H and O–H groups in total. The SMILES string of the molecule is O=c1c2c(-c3ccc(C(F)(F)F)cc3)oc3ccccc3c-2nn1CCBr. The number of rotatable bonds is 3. The molecular weight excluding hydrogens is 425 g/mol. The number of nitrogens with zero attached hydrogens (tertiary/aromatic N) is 2. The molecule has 2 heterocycles. The molecule has 2 aromatic rings. The van der Waals surface area contributed by atoms with E-state index in [0.717, 1.165) is 12.1 Å². The van der Waals surface area contributed by atoms with Gasteiger partial charge in [0.1, 0.15) is 22.6 Å². The van der Waals surface area contributed by atoms with Gasteiger partial charge in [0.25, 0.3) is 5.56 Å². The van der Waals surface area contributed by atoms with Gasteiger partial charge in [-0.05, 0) is 24.3 Å². The van der Waals surface area contributed by atoms with E-state index in [9.17, 15) is 18.0 Å². The van der Waals surface area contributed by atoms with Crippen LogP contribution in [0, 0.1) is 0 Å². The average molecular weight is 437 g/mol. The van der Waals surface area contributed by atoms with Crippen molar-refractivity contribution in [3.05, 3.63) is 64.4 Å². The van der Waals surface area contributed by atoms with Crippen LogP contribution in [0.4, 0.5) is 13.2 Å². The van der Waals surface area contributed by atoms with Crippen LogP contribution < -0.4 is 5.56 Å². The third-order valence-corrected chi connectivity index (χ3v) is 4.61. The number of hydrogen-bond acceptors (Lipinski definition) is 3. The smallest absolute Gasteiger partial charge is 0.416 e. The molecule has 4 nitrogen and oxygen atoms in total. The third kappa shape index (κ3) is 3.03. The van der Waals surface area contributed by atoms with E-state index in [2.05, 4.69) is 21.0 Å². The lowest BCUT2D eigenvalue weighted by Gasteiger charge is -2.10. The molecule has 0 atom stereocenters. The highest BCUT2D eigenvalue weighted by molar-refractivity contribution is 9.09. The molecule has 0 amide bonds. The minimum atomic E-state index is -4.43. The summed E-state index contributed by atoms with van der Waals surface area (Å²) in [7, 11) is 0. The molecule has 138 valence electrons. The Morgan fingerprint density at radius 2 is 1.78 bits per heavy atom. The molecule has 0 spiro atoms. The van der Waals surface area contributed by atoms with Gasteiger partial charge >= 0.3 is 6.18 Å². The van der Waals surface area contributed by atoms with Crippen LogP contribution in [0.2, 0.25) is 0 Å². The first-order valence-corrected chi connectivity index (χ1v) is 9.18. The van der Waals surface area contributed by atoms with Crippen molar-refractivity contribution in [3.8, 4) is 22.6 Å². The zero-order chi connectivity index (χ0) is 19.2. The summed E-state index contributed by atoms with van der Waals surface area (Å²) < 4.78 is 45.8. The maximum Gasteiger partial charge on any atom is 0.416 e. The summed E-state index contributed by atoms with van der Waals surface area (Å²) >= 11 is 3.29. The molecule has 2 aliphatic heterocycles. The van der Waals surface area contributed by atoms with E-state index in [0.29, 0.717) is 34.1 Å². The van der Waals surface area contributed by atoms with Crippen LogP contribution in [0.25, 0.3) is 33.6 Å². The summed E-state index contributed by atoms with van der Waals surface area (Å²) in [4.78, 5) is 12.8. The molecule has 27 heavy (non-hydrogen) atoms. The van der Waals surface area contributed by atoms with Gasteiger partial charge in [0, 0.05) is 16.3 Å². The van der Waals surface area contributed by atoms with Crippen molar-refractivity contribution in [2.24, 2.45) is 0 Å². The van der Waals surface area contributed by atoms with Gasteiger partial charge in [0.2, 0.25) is 0 Å². The van der Waals surface area contributed by atoms with E-state index >= 15 is 0 Å². The Bertz CT molecular complexity index is 1150. The molecule has 0 fully saturated rings. The quantitative estimate of drug-likeness (QED) is 0.416. The number of hydrogen-bond donors (Lipinski definition) is 0. The largest absolute Gasteiger partial charge is 0.455 e. The van der Waals surface area contributed by atoms with Crippen molar-refractivity contribution >= 4 is 26.9 Å². The molecular formula is C19H12BrF3N2O2. The Kier molecular flexibility index (Phi) is 4.30. The van der Waals surface area contributed by atoms with Crippen LogP contribution >= 0.6 is 15.9 Å². The van der Waals surface area contributed by atoms with Crippen molar-refractivity contribution in [1.82, 2.24) is 9.78 Å². The maximum atomic E-state index is 12.8. The van der Waals surface area contributed by atoms with Gasteiger partial charge in [0.15, 0.2) is 0 Å². The molecule has 0 aliphatic carbocycles. The lowest BCUT2D eigenvalue weighted by molar-refractivity contribution is -0.137. The maximum absolute atomic E-state index is 12.8. The normalized spacial score (nSPS) is 12.1. The van der Waals surface area contributed by atoms with Gasteiger partial charge in [-0.25, -0.2) is 4.68 Å². The van der Waals surface area contributed by atoms with E-state index < -0.39 is 11.7 Å². The lowest BCUT2D eigenvalue weighted by Crippen LogP contribution is -2.17. The van der Waals surface area contributed by atoms with Crippen LogP contribution in [0.15, 0.2) is 57.7 Å². The number of alkyl halides is 4. The molecule has 0 radical (unpaired) electrons. The summed E-state index contributed by atoms with van der Waals surface area (Å²) in [5.41, 5.74) is 0.513. The highest BCUT2D eigenvalue weighted by Crippen LogP contribution is 2.38. The van der Waals surface area contributed by atoms with Crippen LogP contribution in [0.1, 0.15) is 5.56 Å². The molecule has 0 unspecified atom stereocenters. The zero-order valence-corrected chi connectivity index (χ0v) is 15.3. The van der Waals surface area contributed by atoms with Gasteiger partial charge in [-0.3, -0.25) is 4.79 Å². The summed E-state index contributed by atoms with van der Waals surface area (Å²) in [6.45, 7) is 0.369. The minimum Gasteiger partial charge on any atom is -0.455 e. The second-order valence-corrected chi connectivity index (χ2v) is 6.74. The molecule has 0 saturated heterocycles. The Morgan fingerprint density at radius 3 is 2.44 bits per heavy atom. The number of benzene rings is 2. The number of para-hydroxylation sites is 1. The van der Waals surface area contributed by atoms with E-state index in [1.54, 1.807) is 18.2 Å². The molecule has 2 aliphatic rings. The highest BCUT2D eigenvalue weighted by Gasteiger charge is 2.31. The molecule has 8 heteroatoms. The Morgan fingerprint density at radius 1 is 1.07 bits per heavy atom. The molecule has 4 rings (SSSR count). The van der Waals surface area contributed by atoms with Gasteiger partial charge in [0.05, 0.1) is 12.1 Å². The summed E-state index contributed by atoms with van der Waals surface area (Å²) in [5, 5.41) is 5.62. The minimum absolute atomic E-state index is 0.211. The van der Waals surface area contributed by atoms with Crippen molar-refractivity contribution in [3.63, 3.8) is 0 Å². The van der Waals surface area contributed by atoms with Gasteiger partial charge in [-0.2, -0.15) is 18.3 Å². The van der Waals surface area contributed by atoms with E-state index in [4.69, 9.17) is 4.42 Å². The molecule has 2 aromatic carbocycles. The second-order valence-electron chi connectivity index (χ2n) is 5.94. The van der Waals surface area contributed by atoms with E-state index in [-0.39, 0.29) is 16.9 Å². The molecule has 0 saturated carbocycles. The first-order valence-electron chi connectivity index (χ1n) is 8.06. The molecule has 0 bridgehead atoms. The average Bonchev–Trinajstić information content (AvgIpc) is 2.98. The number of aryl methyl sites for hydroxylation is 1. The summed E-state index contributed by atoms with van der Waals surface area (Å²) in [6, 6.07) is 11.7. The number of fused-ring (bicyclic) bond motifs is 3. The monoisotopic (exact) mass is 436 g/mol. The fraction of sp³-hybridized carbons (Fsp3) is 0.158. The Balaban J connectivity index is 2.00. The van der Waals surface area contributed by atoms with Crippen LogP contribution in [-0.4, -0.2) is 15.1 Å². The number of halogens is 4. The van der Waals surface area contributed by atoms with Crippen molar-refractivity contribution in [2.75, 3.05) is 5.33 Å². The van der Waals surface area contributed by atoms with Crippen LogP contribution in [-0.2, 0) is 12.7 Å². The first kappa shape index (κ1) is 17.8. The third-order valence-electron chi connectivity index (χ3n) is 4.26. The lowest BCUT2D eigenvalue weighted by atomic mass is 10.0. The van der Waals surface area contributed by atoms with Crippen molar-refractivity contribution < 1.29 is 17.6 Å². The van der Waals surface area contributed by atoms with Crippen LogP contribution in [0.3, 0.4) is 0 Å². The van der Waals surface area contributed by atoms with Gasteiger partial charge in [-0.1, -0.05) is 40.2 Å². The Labute approximate surface area is 159 Å². The summed E-state index contributed by atoms with van der Waals surface area (Å²) in [6.07, 6.45) is -4.43. The van der Waals surface area contributed by atoms with Crippen molar-refractivity contribution in [2.45, 2.75) is 12.7 Å². The summed E-state index contributed by atoms with van der Waals surface area (Å²) in [5.74, 6) is 0.211. The second kappa shape index (κ2) is 6.53. The van der Waals surface area contributed by atoms with E-state index in [1.165, 1.54) is 16.8 Å². The number of aromatic nitrogens is 2. The van der Waals surface area contributed by atoms with Gasteiger partial charge in [-0.15, -0.1) is 0 Å². The predicted molar refractivity (Wildman–Crippen MR) is 99.1 cm³/mol. The zero-order valence-electron chi connectivity index (χ0n) is 13.8. The molecule has 0 aromatic heterocycles. The highest BCUT2D eigenvalue weighted by atomic mass is 79.9. The Hall–Kier alpha value is -2.61. The van der Waals surface area contributed by atoms with Gasteiger partial charge < -0.3 is 4.42 Å². The van der Waals surface area contributed by atoms with Crippen molar-refractivity contribution in [1.29, 1.82) is 0 Å². The fourth-order valence-corrected chi connectivity index (χ4v) is 3.33. The fourth-order valence-electron chi connectivity index (χ4n) is 3.00.